The first kappa shape index (κ1) is 13.1. The van der Waals surface area contributed by atoms with Crippen molar-refractivity contribution in [1.29, 1.82) is 0 Å². The Balaban J connectivity index is 2.59. The molecule has 3 heteroatoms. The van der Waals surface area contributed by atoms with Gasteiger partial charge < -0.3 is 9.88 Å². The molecule has 2 rings (SSSR count). The van der Waals surface area contributed by atoms with Gasteiger partial charge in [0, 0.05) is 29.6 Å². The highest BCUT2D eigenvalue weighted by Gasteiger charge is 2.15. The fraction of sp³-hybridized carbons (Fsp3) is 0.467. The van der Waals surface area contributed by atoms with E-state index in [1.807, 2.05) is 13.1 Å². The average molecular weight is 248 g/mol. The van der Waals surface area contributed by atoms with Crippen LogP contribution in [0, 0.1) is 5.82 Å². The summed E-state index contributed by atoms with van der Waals surface area (Å²) >= 11 is 0. The smallest absolute Gasteiger partial charge is 0.147 e. The first-order valence-corrected chi connectivity index (χ1v) is 6.50. The van der Waals surface area contributed by atoms with Gasteiger partial charge in [0.15, 0.2) is 0 Å². The first-order chi connectivity index (χ1) is 8.54. The monoisotopic (exact) mass is 248 g/mol. The van der Waals surface area contributed by atoms with Gasteiger partial charge in [-0.1, -0.05) is 12.1 Å². The number of fused-ring (bicyclic) bond motifs is 1. The highest BCUT2D eigenvalue weighted by molar-refractivity contribution is 5.82. The predicted octanol–water partition coefficient (Wildman–Crippen LogP) is 3.51. The van der Waals surface area contributed by atoms with E-state index in [0.717, 1.165) is 17.3 Å². The van der Waals surface area contributed by atoms with Crippen molar-refractivity contribution in [3.63, 3.8) is 0 Å². The van der Waals surface area contributed by atoms with Gasteiger partial charge in [-0.15, -0.1) is 0 Å². The van der Waals surface area contributed by atoms with Crippen LogP contribution in [-0.4, -0.2) is 17.7 Å². The molecule has 98 valence electrons. The maximum absolute atomic E-state index is 14.0. The van der Waals surface area contributed by atoms with Crippen LogP contribution in [0.5, 0.6) is 0 Å². The second kappa shape index (κ2) is 5.11. The second-order valence-corrected chi connectivity index (χ2v) is 5.17. The van der Waals surface area contributed by atoms with E-state index in [0.29, 0.717) is 6.04 Å². The number of hydrogen-bond acceptors (Lipinski definition) is 1. The molecular weight excluding hydrogens is 227 g/mol. The number of nitrogens with one attached hydrogen (secondary N) is 1. The van der Waals surface area contributed by atoms with E-state index >= 15 is 0 Å². The van der Waals surface area contributed by atoms with Crippen LogP contribution < -0.4 is 5.32 Å². The zero-order valence-corrected chi connectivity index (χ0v) is 11.5. The van der Waals surface area contributed by atoms with Crippen molar-refractivity contribution >= 4 is 10.9 Å². The zero-order valence-electron chi connectivity index (χ0n) is 11.5. The lowest BCUT2D eigenvalue weighted by atomic mass is 10.1. The summed E-state index contributed by atoms with van der Waals surface area (Å²) in [6.45, 7) is 6.33. The molecular formula is C15H21FN2. The molecule has 1 unspecified atom stereocenters. The fourth-order valence-corrected chi connectivity index (χ4v) is 2.46. The highest BCUT2D eigenvalue weighted by atomic mass is 19.1. The number of hydrogen-bond donors (Lipinski definition) is 1. The van der Waals surface area contributed by atoms with Gasteiger partial charge in [0.05, 0.1) is 5.52 Å². The van der Waals surface area contributed by atoms with Crippen LogP contribution in [0.25, 0.3) is 10.9 Å². The molecule has 0 radical (unpaired) electrons. The predicted molar refractivity (Wildman–Crippen MR) is 74.5 cm³/mol. The summed E-state index contributed by atoms with van der Waals surface area (Å²) in [5, 5.41) is 4.22. The summed E-state index contributed by atoms with van der Waals surface area (Å²) in [6.07, 6.45) is 0.906. The number of halogens is 1. The van der Waals surface area contributed by atoms with Gasteiger partial charge in [-0.05, 0) is 40.0 Å². The quantitative estimate of drug-likeness (QED) is 0.876. The number of likely N-dealkylation sites (N-methyl/N-ethyl adjacent to an activating group) is 1. The third-order valence-electron chi connectivity index (χ3n) is 3.41. The Hall–Kier alpha value is -1.35. The van der Waals surface area contributed by atoms with Crippen LogP contribution in [0.4, 0.5) is 4.39 Å². The summed E-state index contributed by atoms with van der Waals surface area (Å²) in [5.74, 6) is -0.135. The van der Waals surface area contributed by atoms with E-state index in [-0.39, 0.29) is 11.9 Å². The SMILES string of the molecule is CNC(C)Cc1cc2cccc(F)c2n1C(C)C. The van der Waals surface area contributed by atoms with Gasteiger partial charge >= 0.3 is 0 Å². The van der Waals surface area contributed by atoms with Crippen molar-refractivity contribution in [3.8, 4) is 0 Å². The van der Waals surface area contributed by atoms with Crippen molar-refractivity contribution in [2.75, 3.05) is 7.05 Å². The van der Waals surface area contributed by atoms with E-state index in [1.165, 1.54) is 11.8 Å². The van der Waals surface area contributed by atoms with Gasteiger partial charge in [-0.25, -0.2) is 4.39 Å². The Morgan fingerprint density at radius 1 is 1.28 bits per heavy atom. The van der Waals surface area contributed by atoms with Gasteiger partial charge in [-0.3, -0.25) is 0 Å². The minimum atomic E-state index is -0.135. The lowest BCUT2D eigenvalue weighted by molar-refractivity contribution is 0.536. The van der Waals surface area contributed by atoms with E-state index in [4.69, 9.17) is 0 Å². The van der Waals surface area contributed by atoms with Crippen molar-refractivity contribution < 1.29 is 4.39 Å². The molecule has 0 aliphatic rings. The van der Waals surface area contributed by atoms with Gasteiger partial charge in [0.2, 0.25) is 0 Å². The first-order valence-electron chi connectivity index (χ1n) is 6.50. The van der Waals surface area contributed by atoms with Gasteiger partial charge in [0.25, 0.3) is 0 Å². The minimum Gasteiger partial charge on any atom is -0.340 e. The Morgan fingerprint density at radius 3 is 2.61 bits per heavy atom. The minimum absolute atomic E-state index is 0.135. The normalized spacial score (nSPS) is 13.4. The zero-order chi connectivity index (χ0) is 13.3. The molecule has 1 heterocycles. The molecule has 1 atom stereocenters. The van der Waals surface area contributed by atoms with E-state index < -0.39 is 0 Å². The molecule has 0 amide bonds. The van der Waals surface area contributed by atoms with Crippen molar-refractivity contribution in [2.45, 2.75) is 39.3 Å². The molecule has 1 N–H and O–H groups in total. The molecule has 0 aliphatic carbocycles. The topological polar surface area (TPSA) is 17.0 Å². The molecule has 18 heavy (non-hydrogen) atoms. The summed E-state index contributed by atoms with van der Waals surface area (Å²) < 4.78 is 16.1. The number of benzene rings is 1. The molecule has 0 spiro atoms. The van der Waals surface area contributed by atoms with E-state index in [1.54, 1.807) is 6.07 Å². The summed E-state index contributed by atoms with van der Waals surface area (Å²) in [6, 6.07) is 8.03. The van der Waals surface area contributed by atoms with Crippen LogP contribution in [0.3, 0.4) is 0 Å². The van der Waals surface area contributed by atoms with Gasteiger partial charge in [0.1, 0.15) is 5.82 Å². The molecule has 0 bridgehead atoms. The highest BCUT2D eigenvalue weighted by Crippen LogP contribution is 2.27. The number of aromatic nitrogens is 1. The lowest BCUT2D eigenvalue weighted by Gasteiger charge is -2.17. The molecule has 1 aromatic heterocycles. The fourth-order valence-electron chi connectivity index (χ4n) is 2.46. The van der Waals surface area contributed by atoms with Crippen molar-refractivity contribution in [1.82, 2.24) is 9.88 Å². The lowest BCUT2D eigenvalue weighted by Crippen LogP contribution is -2.25. The van der Waals surface area contributed by atoms with Crippen LogP contribution >= 0.6 is 0 Å². The van der Waals surface area contributed by atoms with Crippen LogP contribution in [0.15, 0.2) is 24.3 Å². The van der Waals surface area contributed by atoms with Crippen LogP contribution in [0.1, 0.15) is 32.5 Å². The standard InChI is InChI=1S/C15H21FN2/c1-10(2)18-13(8-11(3)17-4)9-12-6-5-7-14(16)15(12)18/h5-7,9-11,17H,8H2,1-4H3. The Bertz CT molecular complexity index is 543. The average Bonchev–Trinajstić information content (AvgIpc) is 2.68. The van der Waals surface area contributed by atoms with Crippen molar-refractivity contribution in [3.05, 3.63) is 35.8 Å². The third-order valence-corrected chi connectivity index (χ3v) is 3.41. The molecule has 0 saturated heterocycles. The van der Waals surface area contributed by atoms with Crippen LogP contribution in [0.2, 0.25) is 0 Å². The van der Waals surface area contributed by atoms with Gasteiger partial charge in [-0.2, -0.15) is 0 Å². The molecule has 0 saturated carbocycles. The Labute approximate surface area is 108 Å². The second-order valence-electron chi connectivity index (χ2n) is 5.17. The molecule has 2 nitrogen and oxygen atoms in total. The summed E-state index contributed by atoms with van der Waals surface area (Å²) in [7, 11) is 1.95. The molecule has 0 aliphatic heterocycles. The van der Waals surface area contributed by atoms with Crippen LogP contribution in [-0.2, 0) is 6.42 Å². The largest absolute Gasteiger partial charge is 0.340 e. The van der Waals surface area contributed by atoms with Crippen molar-refractivity contribution in [2.24, 2.45) is 0 Å². The molecule has 2 aromatic rings. The maximum atomic E-state index is 14.0. The maximum Gasteiger partial charge on any atom is 0.147 e. The summed E-state index contributed by atoms with van der Waals surface area (Å²) in [4.78, 5) is 0. The van der Waals surface area contributed by atoms with E-state index in [9.17, 15) is 4.39 Å². The number of rotatable bonds is 4. The Morgan fingerprint density at radius 2 is 2.00 bits per heavy atom. The number of para-hydroxylation sites is 1. The van der Waals surface area contributed by atoms with E-state index in [2.05, 4.69) is 36.7 Å². The number of nitrogens with zero attached hydrogens (tertiary/aromatic N) is 1. The third kappa shape index (κ3) is 2.27. The molecule has 1 aromatic carbocycles. The summed E-state index contributed by atoms with van der Waals surface area (Å²) in [5.41, 5.74) is 1.91. The molecule has 0 fully saturated rings. The Kier molecular flexibility index (Phi) is 3.71.